The van der Waals surface area contributed by atoms with Gasteiger partial charge in [0, 0.05) is 32.5 Å². The highest BCUT2D eigenvalue weighted by molar-refractivity contribution is 5.78. The Bertz CT molecular complexity index is 735. The van der Waals surface area contributed by atoms with Crippen molar-refractivity contribution in [1.29, 1.82) is 0 Å². The fourth-order valence-corrected chi connectivity index (χ4v) is 3.08. The number of carbonyl (C=O) groups is 1. The number of hydrogen-bond acceptors (Lipinski definition) is 5. The molecule has 1 saturated heterocycles. The molecular formula is C17H22FN5O2. The minimum absolute atomic E-state index is 0.00636. The van der Waals surface area contributed by atoms with Gasteiger partial charge < -0.3 is 14.6 Å². The number of likely N-dealkylation sites (N-methyl/N-ethyl adjacent to an activating group) is 1. The van der Waals surface area contributed by atoms with Gasteiger partial charge in [-0.2, -0.15) is 0 Å². The summed E-state index contributed by atoms with van der Waals surface area (Å²) >= 11 is 0. The maximum Gasteiger partial charge on any atom is 0.226 e. The number of pyridine rings is 1. The summed E-state index contributed by atoms with van der Waals surface area (Å²) < 4.78 is 21.4. The van der Waals surface area contributed by atoms with Crippen molar-refractivity contribution >= 4 is 5.91 Å². The number of nitrogens with zero attached hydrogens (tertiary/aromatic N) is 4. The van der Waals surface area contributed by atoms with Crippen molar-refractivity contribution in [3.8, 4) is 0 Å². The van der Waals surface area contributed by atoms with Crippen LogP contribution < -0.4 is 5.32 Å². The third kappa shape index (κ3) is 4.02. The normalized spacial score (nSPS) is 21.2. The summed E-state index contributed by atoms with van der Waals surface area (Å²) in [5, 5.41) is 2.83. The van der Waals surface area contributed by atoms with Gasteiger partial charge in [0.15, 0.2) is 0 Å². The van der Waals surface area contributed by atoms with Crippen LogP contribution in [0.15, 0.2) is 30.9 Å². The van der Waals surface area contributed by atoms with Crippen molar-refractivity contribution in [3.05, 3.63) is 48.1 Å². The molecule has 3 heterocycles. The fourth-order valence-electron chi connectivity index (χ4n) is 3.08. The minimum Gasteiger partial charge on any atom is -0.373 e. The number of morpholine rings is 1. The van der Waals surface area contributed by atoms with Gasteiger partial charge in [-0.25, -0.2) is 9.37 Å². The summed E-state index contributed by atoms with van der Waals surface area (Å²) in [6.45, 7) is 1.74. The van der Waals surface area contributed by atoms with Crippen LogP contribution in [0.5, 0.6) is 0 Å². The first-order valence-electron chi connectivity index (χ1n) is 8.20. The van der Waals surface area contributed by atoms with Gasteiger partial charge >= 0.3 is 0 Å². The first-order valence-corrected chi connectivity index (χ1v) is 8.20. The summed E-state index contributed by atoms with van der Waals surface area (Å²) in [5.41, 5.74) is 1.17. The number of halogens is 1. The van der Waals surface area contributed by atoms with E-state index in [0.717, 1.165) is 12.2 Å². The molecule has 1 aliphatic heterocycles. The summed E-state index contributed by atoms with van der Waals surface area (Å²) in [4.78, 5) is 22.4. The molecule has 2 aromatic heterocycles. The third-order valence-corrected chi connectivity index (χ3v) is 4.42. The molecule has 134 valence electrons. The van der Waals surface area contributed by atoms with Gasteiger partial charge in [-0.05, 0) is 19.2 Å². The summed E-state index contributed by atoms with van der Waals surface area (Å²) in [5.74, 6) is -0.753. The number of rotatable bonds is 5. The van der Waals surface area contributed by atoms with Crippen LogP contribution in [0.2, 0.25) is 0 Å². The number of nitrogens with one attached hydrogen (secondary N) is 1. The molecule has 1 N–H and O–H groups in total. The lowest BCUT2D eigenvalue weighted by Crippen LogP contribution is -2.49. The van der Waals surface area contributed by atoms with E-state index in [2.05, 4.69) is 20.2 Å². The van der Waals surface area contributed by atoms with Gasteiger partial charge in [0.05, 0.1) is 42.9 Å². The Labute approximate surface area is 145 Å². The average molecular weight is 347 g/mol. The van der Waals surface area contributed by atoms with Crippen LogP contribution >= 0.6 is 0 Å². The average Bonchev–Trinajstić information content (AvgIpc) is 3.01. The Balaban J connectivity index is 1.63. The number of hydrogen-bond donors (Lipinski definition) is 1. The maximum absolute atomic E-state index is 13.6. The summed E-state index contributed by atoms with van der Waals surface area (Å²) in [6.07, 6.45) is 4.74. The molecule has 0 saturated carbocycles. The lowest BCUT2D eigenvalue weighted by molar-refractivity contribution is -0.122. The van der Waals surface area contributed by atoms with Gasteiger partial charge in [-0.15, -0.1) is 0 Å². The quantitative estimate of drug-likeness (QED) is 0.861. The topological polar surface area (TPSA) is 72.3 Å². The van der Waals surface area contributed by atoms with E-state index < -0.39 is 5.82 Å². The van der Waals surface area contributed by atoms with Crippen LogP contribution in [0.25, 0.3) is 0 Å². The molecule has 0 unspecified atom stereocenters. The smallest absolute Gasteiger partial charge is 0.226 e. The second kappa shape index (κ2) is 7.71. The predicted molar refractivity (Wildman–Crippen MR) is 89.2 cm³/mol. The highest BCUT2D eigenvalue weighted by Gasteiger charge is 2.33. The first kappa shape index (κ1) is 17.5. The monoisotopic (exact) mass is 347 g/mol. The third-order valence-electron chi connectivity index (χ3n) is 4.42. The fraction of sp³-hybridized carbons (Fsp3) is 0.471. The molecule has 8 heteroatoms. The van der Waals surface area contributed by atoms with E-state index in [-0.39, 0.29) is 30.2 Å². The van der Waals surface area contributed by atoms with Crippen LogP contribution in [0, 0.1) is 5.82 Å². The second-order valence-corrected chi connectivity index (χ2v) is 6.18. The van der Waals surface area contributed by atoms with Crippen molar-refractivity contribution in [1.82, 2.24) is 24.8 Å². The molecule has 0 aliphatic carbocycles. The Hall–Kier alpha value is -2.32. The van der Waals surface area contributed by atoms with Crippen LogP contribution in [0.4, 0.5) is 4.39 Å². The second-order valence-electron chi connectivity index (χ2n) is 6.18. The largest absolute Gasteiger partial charge is 0.373 e. The number of ether oxygens (including phenoxy) is 1. The molecule has 3 rings (SSSR count). The number of aryl methyl sites for hydroxylation is 1. The molecule has 2 atom stereocenters. The minimum atomic E-state index is -0.473. The molecule has 0 bridgehead atoms. The zero-order valence-electron chi connectivity index (χ0n) is 14.4. The molecule has 7 nitrogen and oxygen atoms in total. The summed E-state index contributed by atoms with van der Waals surface area (Å²) in [7, 11) is 3.96. The number of aromatic nitrogens is 3. The maximum atomic E-state index is 13.6. The molecule has 1 aliphatic rings. The van der Waals surface area contributed by atoms with Crippen LogP contribution in [0.1, 0.15) is 17.4 Å². The SMILES string of the molecule is CN1CCO[C@@H](CNC(=O)Cc2ncccc2F)[C@@H]1c1cncn1C. The van der Waals surface area contributed by atoms with Crippen molar-refractivity contribution in [2.45, 2.75) is 18.6 Å². The standard InChI is InChI=1S/C17H22FN5O2/c1-22-6-7-25-15(17(22)14-9-19-11-23(14)2)10-21-16(24)8-13-12(18)4-3-5-20-13/h3-5,9,11,15,17H,6-8,10H2,1-2H3,(H,21,24)/t15-,17-/m0/s1. The van der Waals surface area contributed by atoms with Crippen LogP contribution in [0.3, 0.4) is 0 Å². The van der Waals surface area contributed by atoms with Gasteiger partial charge in [0.2, 0.25) is 5.91 Å². The van der Waals surface area contributed by atoms with Crippen molar-refractivity contribution < 1.29 is 13.9 Å². The molecule has 1 amide bonds. The van der Waals surface area contributed by atoms with Crippen molar-refractivity contribution in [3.63, 3.8) is 0 Å². The van der Waals surface area contributed by atoms with E-state index in [1.165, 1.54) is 18.3 Å². The predicted octanol–water partition coefficient (Wildman–Crippen LogP) is 0.685. The van der Waals surface area contributed by atoms with E-state index in [4.69, 9.17) is 4.74 Å². The van der Waals surface area contributed by atoms with E-state index in [1.807, 2.05) is 24.9 Å². The number of amides is 1. The van der Waals surface area contributed by atoms with Gasteiger partial charge in [-0.1, -0.05) is 0 Å². The highest BCUT2D eigenvalue weighted by Crippen LogP contribution is 2.27. The van der Waals surface area contributed by atoms with Crippen molar-refractivity contribution in [2.24, 2.45) is 7.05 Å². The van der Waals surface area contributed by atoms with E-state index in [0.29, 0.717) is 13.2 Å². The van der Waals surface area contributed by atoms with Crippen LogP contribution in [-0.2, 0) is 23.0 Å². The van der Waals surface area contributed by atoms with Crippen LogP contribution in [-0.4, -0.2) is 58.2 Å². The molecule has 0 spiro atoms. The Kier molecular flexibility index (Phi) is 5.40. The molecule has 1 fully saturated rings. The molecule has 0 aromatic carbocycles. The van der Waals surface area contributed by atoms with Gasteiger partial charge in [0.1, 0.15) is 5.82 Å². The first-order chi connectivity index (χ1) is 12.1. The molecule has 25 heavy (non-hydrogen) atoms. The van der Waals surface area contributed by atoms with E-state index in [9.17, 15) is 9.18 Å². The van der Waals surface area contributed by atoms with E-state index >= 15 is 0 Å². The van der Waals surface area contributed by atoms with Crippen molar-refractivity contribution in [2.75, 3.05) is 26.7 Å². The number of carbonyl (C=O) groups excluding carboxylic acids is 1. The Morgan fingerprint density at radius 1 is 1.48 bits per heavy atom. The van der Waals surface area contributed by atoms with E-state index in [1.54, 1.807) is 6.33 Å². The molecular weight excluding hydrogens is 325 g/mol. The highest BCUT2D eigenvalue weighted by atomic mass is 19.1. The van der Waals surface area contributed by atoms with Gasteiger partial charge in [-0.3, -0.25) is 14.7 Å². The zero-order valence-corrected chi connectivity index (χ0v) is 14.4. The Morgan fingerprint density at radius 3 is 3.04 bits per heavy atom. The zero-order chi connectivity index (χ0) is 17.8. The lowest BCUT2D eigenvalue weighted by atomic mass is 10.0. The molecule has 0 radical (unpaired) electrons. The lowest BCUT2D eigenvalue weighted by Gasteiger charge is -2.39. The Morgan fingerprint density at radius 2 is 2.32 bits per heavy atom. The summed E-state index contributed by atoms with van der Waals surface area (Å²) in [6, 6.07) is 2.79. The molecule has 2 aromatic rings. The van der Waals surface area contributed by atoms with Gasteiger partial charge in [0.25, 0.3) is 0 Å². The number of imidazole rings is 1.